The third-order valence-corrected chi connectivity index (χ3v) is 4.41. The van der Waals surface area contributed by atoms with Crippen molar-refractivity contribution in [2.75, 3.05) is 0 Å². The fourth-order valence-electron chi connectivity index (χ4n) is 2.05. The van der Waals surface area contributed by atoms with E-state index in [9.17, 15) is 0 Å². The van der Waals surface area contributed by atoms with Crippen LogP contribution in [0.5, 0.6) is 0 Å². The van der Waals surface area contributed by atoms with Gasteiger partial charge in [0.1, 0.15) is 11.3 Å². The first-order chi connectivity index (χ1) is 8.70. The van der Waals surface area contributed by atoms with E-state index in [4.69, 9.17) is 16.6 Å². The van der Waals surface area contributed by atoms with Gasteiger partial charge in [-0.25, -0.2) is 4.98 Å². The molecular formula is C13H10BrClN2S. The number of pyridine rings is 1. The number of rotatable bonds is 2. The summed E-state index contributed by atoms with van der Waals surface area (Å²) in [5.74, 6) is 0.449. The highest BCUT2D eigenvalue weighted by molar-refractivity contribution is 9.10. The van der Waals surface area contributed by atoms with Crippen LogP contribution in [0.25, 0.3) is 16.2 Å². The molecule has 0 fully saturated rings. The normalized spacial score (nSPS) is 11.3. The van der Waals surface area contributed by atoms with E-state index >= 15 is 0 Å². The van der Waals surface area contributed by atoms with Gasteiger partial charge in [-0.05, 0) is 45.9 Å². The molecule has 0 atom stereocenters. The Hall–Kier alpha value is -0.840. The summed E-state index contributed by atoms with van der Waals surface area (Å²) in [6, 6.07) is 6.18. The molecule has 0 N–H and O–H groups in total. The maximum absolute atomic E-state index is 6.10. The monoisotopic (exact) mass is 340 g/mol. The predicted octanol–water partition coefficient (Wildman–Crippen LogP) is 4.87. The van der Waals surface area contributed by atoms with Crippen molar-refractivity contribution in [2.45, 2.75) is 12.8 Å². The molecule has 0 amide bonds. The highest BCUT2D eigenvalue weighted by Crippen LogP contribution is 2.31. The Morgan fingerprint density at radius 3 is 3.00 bits per heavy atom. The van der Waals surface area contributed by atoms with Gasteiger partial charge in [0.15, 0.2) is 0 Å². The van der Waals surface area contributed by atoms with E-state index in [1.807, 2.05) is 12.3 Å². The minimum atomic E-state index is 0.449. The minimum absolute atomic E-state index is 0.449. The average molecular weight is 342 g/mol. The fourth-order valence-corrected chi connectivity index (χ4v) is 3.59. The molecule has 0 unspecified atom stereocenters. The number of alkyl halides is 1. The second-order valence-corrected chi connectivity index (χ2v) is 6.18. The molecule has 0 radical (unpaired) electrons. The summed E-state index contributed by atoms with van der Waals surface area (Å²) < 4.78 is 3.11. The van der Waals surface area contributed by atoms with Crippen LogP contribution in [-0.4, -0.2) is 9.38 Å². The van der Waals surface area contributed by atoms with Gasteiger partial charge in [-0.1, -0.05) is 6.07 Å². The number of hydrogen-bond acceptors (Lipinski definition) is 2. The largest absolute Gasteiger partial charge is 0.301 e. The second kappa shape index (κ2) is 4.68. The lowest BCUT2D eigenvalue weighted by molar-refractivity contribution is 1.07. The second-order valence-electron chi connectivity index (χ2n) is 4.05. The van der Waals surface area contributed by atoms with Crippen LogP contribution < -0.4 is 0 Å². The van der Waals surface area contributed by atoms with Crippen LogP contribution in [0.1, 0.15) is 11.3 Å². The Morgan fingerprint density at radius 1 is 1.50 bits per heavy atom. The molecule has 0 spiro atoms. The topological polar surface area (TPSA) is 17.3 Å². The van der Waals surface area contributed by atoms with Gasteiger partial charge >= 0.3 is 0 Å². The van der Waals surface area contributed by atoms with E-state index < -0.39 is 0 Å². The van der Waals surface area contributed by atoms with Gasteiger partial charge in [-0.3, -0.25) is 0 Å². The van der Waals surface area contributed by atoms with Crippen molar-refractivity contribution in [3.05, 3.63) is 45.5 Å². The minimum Gasteiger partial charge on any atom is -0.301 e. The number of halogens is 2. The molecule has 0 aromatic carbocycles. The van der Waals surface area contributed by atoms with Gasteiger partial charge in [0.2, 0.25) is 0 Å². The molecular weight excluding hydrogens is 332 g/mol. The maximum Gasteiger partial charge on any atom is 0.140 e. The van der Waals surface area contributed by atoms with E-state index in [1.165, 1.54) is 0 Å². The van der Waals surface area contributed by atoms with Crippen molar-refractivity contribution in [3.8, 4) is 10.6 Å². The van der Waals surface area contributed by atoms with Crippen molar-refractivity contribution < 1.29 is 0 Å². The number of hydrogen-bond donors (Lipinski definition) is 0. The Morgan fingerprint density at radius 2 is 2.33 bits per heavy atom. The van der Waals surface area contributed by atoms with Crippen molar-refractivity contribution in [1.82, 2.24) is 9.38 Å². The van der Waals surface area contributed by atoms with E-state index in [0.717, 1.165) is 31.9 Å². The molecule has 0 aliphatic heterocycles. The lowest BCUT2D eigenvalue weighted by Gasteiger charge is -2.02. The summed E-state index contributed by atoms with van der Waals surface area (Å²) in [7, 11) is 0. The lowest BCUT2D eigenvalue weighted by Crippen LogP contribution is -1.92. The molecule has 0 aliphatic rings. The van der Waals surface area contributed by atoms with Crippen LogP contribution >= 0.6 is 38.9 Å². The number of thiophene rings is 1. The van der Waals surface area contributed by atoms with E-state index in [2.05, 4.69) is 44.8 Å². The van der Waals surface area contributed by atoms with E-state index in [1.54, 1.807) is 11.3 Å². The van der Waals surface area contributed by atoms with Gasteiger partial charge in [-0.15, -0.1) is 22.9 Å². The standard InChI is InChI=1S/C13H10BrClN2S/c1-8-5-9(14)7-17-10(6-15)12(16-13(8)17)11-3-2-4-18-11/h2-5,7H,6H2,1H3. The molecule has 3 aromatic rings. The van der Waals surface area contributed by atoms with Gasteiger partial charge in [-0.2, -0.15) is 0 Å². The zero-order valence-corrected chi connectivity index (χ0v) is 12.8. The summed E-state index contributed by atoms with van der Waals surface area (Å²) in [4.78, 5) is 5.89. The van der Waals surface area contributed by atoms with Crippen molar-refractivity contribution >= 4 is 44.5 Å². The zero-order chi connectivity index (χ0) is 12.7. The molecule has 5 heteroatoms. The predicted molar refractivity (Wildman–Crippen MR) is 80.5 cm³/mol. The van der Waals surface area contributed by atoms with E-state index in [0.29, 0.717) is 5.88 Å². The Bertz CT molecular complexity index is 703. The first-order valence-electron chi connectivity index (χ1n) is 5.47. The number of nitrogens with zero attached hydrogens (tertiary/aromatic N) is 2. The maximum atomic E-state index is 6.10. The molecule has 3 heterocycles. The highest BCUT2D eigenvalue weighted by atomic mass is 79.9. The first-order valence-corrected chi connectivity index (χ1v) is 7.68. The molecule has 0 saturated heterocycles. The van der Waals surface area contributed by atoms with Crippen LogP contribution in [0.3, 0.4) is 0 Å². The van der Waals surface area contributed by atoms with Gasteiger partial charge in [0.25, 0.3) is 0 Å². The molecule has 0 aliphatic carbocycles. The molecule has 0 saturated carbocycles. The third kappa shape index (κ3) is 1.88. The fraction of sp³-hybridized carbons (Fsp3) is 0.154. The van der Waals surface area contributed by atoms with Crippen molar-refractivity contribution in [3.63, 3.8) is 0 Å². The SMILES string of the molecule is Cc1cc(Br)cn2c(CCl)c(-c3cccs3)nc12. The van der Waals surface area contributed by atoms with Crippen LogP contribution in [0.2, 0.25) is 0 Å². The molecule has 18 heavy (non-hydrogen) atoms. The number of imidazole rings is 1. The van der Waals surface area contributed by atoms with Gasteiger partial charge < -0.3 is 4.40 Å². The van der Waals surface area contributed by atoms with Crippen LogP contribution in [0, 0.1) is 6.92 Å². The molecule has 92 valence electrons. The lowest BCUT2D eigenvalue weighted by atomic mass is 10.3. The molecule has 3 aromatic heterocycles. The van der Waals surface area contributed by atoms with Crippen molar-refractivity contribution in [2.24, 2.45) is 0 Å². The quantitative estimate of drug-likeness (QED) is 0.608. The first kappa shape index (κ1) is 12.2. The summed E-state index contributed by atoms with van der Waals surface area (Å²) in [5.41, 5.74) is 4.13. The molecule has 0 bridgehead atoms. The zero-order valence-electron chi connectivity index (χ0n) is 9.65. The smallest absolute Gasteiger partial charge is 0.140 e. The van der Waals surface area contributed by atoms with Crippen LogP contribution in [0.4, 0.5) is 0 Å². The molecule has 2 nitrogen and oxygen atoms in total. The Labute approximate surface area is 122 Å². The summed E-state index contributed by atoms with van der Waals surface area (Å²) in [5, 5.41) is 2.06. The van der Waals surface area contributed by atoms with Crippen LogP contribution in [0.15, 0.2) is 34.2 Å². The van der Waals surface area contributed by atoms with Gasteiger partial charge in [0, 0.05) is 10.7 Å². The summed E-state index contributed by atoms with van der Waals surface area (Å²) in [6.07, 6.45) is 2.02. The van der Waals surface area contributed by atoms with E-state index in [-0.39, 0.29) is 0 Å². The number of fused-ring (bicyclic) bond motifs is 1. The van der Waals surface area contributed by atoms with Gasteiger partial charge in [0.05, 0.1) is 16.5 Å². The summed E-state index contributed by atoms with van der Waals surface area (Å²) in [6.45, 7) is 2.06. The number of aryl methyl sites for hydroxylation is 1. The number of aromatic nitrogens is 2. The molecule has 3 rings (SSSR count). The average Bonchev–Trinajstić information content (AvgIpc) is 2.93. The third-order valence-electron chi connectivity index (χ3n) is 2.85. The Balaban J connectivity index is 2.37. The Kier molecular flexibility index (Phi) is 3.18. The van der Waals surface area contributed by atoms with Crippen LogP contribution in [-0.2, 0) is 5.88 Å². The summed E-state index contributed by atoms with van der Waals surface area (Å²) >= 11 is 11.3. The van der Waals surface area contributed by atoms with Crippen molar-refractivity contribution in [1.29, 1.82) is 0 Å². The highest BCUT2D eigenvalue weighted by Gasteiger charge is 2.15.